The predicted octanol–water partition coefficient (Wildman–Crippen LogP) is 3.15. The summed E-state index contributed by atoms with van der Waals surface area (Å²) in [5.41, 5.74) is 2.34. The van der Waals surface area contributed by atoms with Crippen LogP contribution in [0.5, 0.6) is 5.75 Å². The topological polar surface area (TPSA) is 39.1 Å². The van der Waals surface area contributed by atoms with E-state index >= 15 is 0 Å². The number of aryl methyl sites for hydroxylation is 1. The molecule has 0 fully saturated rings. The van der Waals surface area contributed by atoms with E-state index in [9.17, 15) is 0 Å². The van der Waals surface area contributed by atoms with E-state index in [0.717, 1.165) is 24.4 Å². The number of hydrogen-bond donors (Lipinski definition) is 1. The molecule has 0 saturated carbocycles. The van der Waals surface area contributed by atoms with Crippen LogP contribution in [0.1, 0.15) is 37.9 Å². The fourth-order valence-corrected chi connectivity index (χ4v) is 2.12. The van der Waals surface area contributed by atoms with Gasteiger partial charge in [0.1, 0.15) is 12.4 Å². The third kappa shape index (κ3) is 3.84. The van der Waals surface area contributed by atoms with Crippen molar-refractivity contribution >= 4 is 0 Å². The van der Waals surface area contributed by atoms with Crippen LogP contribution in [0.3, 0.4) is 0 Å². The fraction of sp³-hybridized carbons (Fsp3) is 0.438. The second-order valence-corrected chi connectivity index (χ2v) is 4.84. The molecule has 0 radical (unpaired) electrons. The number of hydrogen-bond acceptors (Lipinski definition) is 3. The zero-order valence-corrected chi connectivity index (χ0v) is 12.5. The second-order valence-electron chi connectivity index (χ2n) is 4.84. The van der Waals surface area contributed by atoms with E-state index in [4.69, 9.17) is 4.74 Å². The van der Waals surface area contributed by atoms with Crippen molar-refractivity contribution in [2.75, 3.05) is 6.54 Å². The Balaban J connectivity index is 1.97. The van der Waals surface area contributed by atoms with Crippen LogP contribution >= 0.6 is 0 Å². The van der Waals surface area contributed by atoms with Crippen LogP contribution in [0.4, 0.5) is 0 Å². The fourth-order valence-electron chi connectivity index (χ4n) is 2.12. The Kier molecular flexibility index (Phi) is 5.18. The lowest BCUT2D eigenvalue weighted by Gasteiger charge is -2.14. The standard InChI is InChI=1S/C16H23N3O/c1-4-17-13(3)15-7-6-8-16(9-15)20-12-14-10-18-19(5-2)11-14/h6-11,13,17H,4-5,12H2,1-3H3. The van der Waals surface area contributed by atoms with Gasteiger partial charge in [-0.1, -0.05) is 19.1 Å². The van der Waals surface area contributed by atoms with Crippen LogP contribution < -0.4 is 10.1 Å². The van der Waals surface area contributed by atoms with E-state index < -0.39 is 0 Å². The number of ether oxygens (including phenoxy) is 1. The molecule has 0 aliphatic rings. The number of aromatic nitrogens is 2. The van der Waals surface area contributed by atoms with E-state index in [0.29, 0.717) is 12.6 Å². The first kappa shape index (κ1) is 14.6. The molecule has 108 valence electrons. The lowest BCUT2D eigenvalue weighted by Crippen LogP contribution is -2.17. The van der Waals surface area contributed by atoms with Crippen molar-refractivity contribution in [1.82, 2.24) is 15.1 Å². The predicted molar refractivity (Wildman–Crippen MR) is 80.8 cm³/mol. The molecule has 1 heterocycles. The highest BCUT2D eigenvalue weighted by molar-refractivity contribution is 5.30. The minimum absolute atomic E-state index is 0.339. The van der Waals surface area contributed by atoms with Crippen LogP contribution in [0, 0.1) is 0 Å². The Hall–Kier alpha value is -1.81. The van der Waals surface area contributed by atoms with E-state index in [1.807, 2.05) is 29.2 Å². The average Bonchev–Trinajstić information content (AvgIpc) is 2.94. The molecule has 1 N–H and O–H groups in total. The lowest BCUT2D eigenvalue weighted by molar-refractivity contribution is 0.305. The van der Waals surface area contributed by atoms with Gasteiger partial charge in [-0.2, -0.15) is 5.10 Å². The first-order valence-corrected chi connectivity index (χ1v) is 7.20. The normalized spacial score (nSPS) is 12.3. The minimum atomic E-state index is 0.339. The summed E-state index contributed by atoms with van der Waals surface area (Å²) in [7, 11) is 0. The van der Waals surface area contributed by atoms with Gasteiger partial charge in [-0.3, -0.25) is 4.68 Å². The summed E-state index contributed by atoms with van der Waals surface area (Å²) < 4.78 is 7.74. The average molecular weight is 273 g/mol. The largest absolute Gasteiger partial charge is 0.489 e. The third-order valence-electron chi connectivity index (χ3n) is 3.28. The Morgan fingerprint density at radius 2 is 2.20 bits per heavy atom. The van der Waals surface area contributed by atoms with Gasteiger partial charge in [0.25, 0.3) is 0 Å². The van der Waals surface area contributed by atoms with Crippen molar-refractivity contribution in [1.29, 1.82) is 0 Å². The maximum atomic E-state index is 5.84. The van der Waals surface area contributed by atoms with Crippen molar-refractivity contribution < 1.29 is 4.74 Å². The molecule has 4 heteroatoms. The molecule has 2 aromatic rings. The first-order chi connectivity index (χ1) is 9.72. The lowest BCUT2D eigenvalue weighted by atomic mass is 10.1. The van der Waals surface area contributed by atoms with Crippen LogP contribution in [0.2, 0.25) is 0 Å². The van der Waals surface area contributed by atoms with Crippen molar-refractivity contribution in [3.63, 3.8) is 0 Å². The summed E-state index contributed by atoms with van der Waals surface area (Å²) in [6.45, 7) is 8.75. The van der Waals surface area contributed by atoms with Gasteiger partial charge in [-0.25, -0.2) is 0 Å². The third-order valence-corrected chi connectivity index (χ3v) is 3.28. The van der Waals surface area contributed by atoms with Crippen LogP contribution in [-0.2, 0) is 13.2 Å². The molecule has 1 atom stereocenters. The molecule has 1 aromatic carbocycles. The van der Waals surface area contributed by atoms with Gasteiger partial charge in [0.2, 0.25) is 0 Å². The monoisotopic (exact) mass is 273 g/mol. The highest BCUT2D eigenvalue weighted by Gasteiger charge is 2.05. The second kappa shape index (κ2) is 7.10. The summed E-state index contributed by atoms with van der Waals surface area (Å²) in [6, 6.07) is 8.58. The molecule has 1 aromatic heterocycles. The summed E-state index contributed by atoms with van der Waals surface area (Å²) in [5, 5.41) is 7.65. The van der Waals surface area contributed by atoms with Gasteiger partial charge in [-0.05, 0) is 38.1 Å². The number of rotatable bonds is 7. The van der Waals surface area contributed by atoms with Gasteiger partial charge in [0, 0.05) is 24.3 Å². The molecule has 20 heavy (non-hydrogen) atoms. The molecular weight excluding hydrogens is 250 g/mol. The Morgan fingerprint density at radius 1 is 1.35 bits per heavy atom. The smallest absolute Gasteiger partial charge is 0.120 e. The summed E-state index contributed by atoms with van der Waals surface area (Å²) in [4.78, 5) is 0. The molecule has 0 aliphatic carbocycles. The van der Waals surface area contributed by atoms with E-state index in [-0.39, 0.29) is 0 Å². The zero-order valence-electron chi connectivity index (χ0n) is 12.5. The molecule has 2 rings (SSSR count). The SMILES string of the molecule is CCNC(C)c1cccc(OCc2cnn(CC)c2)c1. The number of benzene rings is 1. The van der Waals surface area contributed by atoms with E-state index in [2.05, 4.69) is 43.3 Å². The Labute approximate surface area is 120 Å². The maximum Gasteiger partial charge on any atom is 0.120 e. The summed E-state index contributed by atoms with van der Waals surface area (Å²) in [6.07, 6.45) is 3.87. The Bertz CT molecular complexity index is 536. The molecule has 0 bridgehead atoms. The minimum Gasteiger partial charge on any atom is -0.489 e. The maximum absolute atomic E-state index is 5.84. The van der Waals surface area contributed by atoms with E-state index in [1.54, 1.807) is 0 Å². The Morgan fingerprint density at radius 3 is 2.90 bits per heavy atom. The molecular formula is C16H23N3O. The summed E-state index contributed by atoms with van der Waals surface area (Å²) in [5.74, 6) is 0.900. The zero-order chi connectivity index (χ0) is 14.4. The molecule has 0 amide bonds. The molecule has 1 unspecified atom stereocenters. The van der Waals surface area contributed by atoms with Crippen molar-refractivity contribution in [2.45, 2.75) is 40.0 Å². The van der Waals surface area contributed by atoms with Gasteiger partial charge < -0.3 is 10.1 Å². The van der Waals surface area contributed by atoms with Crippen molar-refractivity contribution in [2.24, 2.45) is 0 Å². The molecule has 0 saturated heterocycles. The highest BCUT2D eigenvalue weighted by atomic mass is 16.5. The van der Waals surface area contributed by atoms with Crippen molar-refractivity contribution in [3.8, 4) is 5.75 Å². The quantitative estimate of drug-likeness (QED) is 0.842. The van der Waals surface area contributed by atoms with Crippen LogP contribution in [-0.4, -0.2) is 16.3 Å². The van der Waals surface area contributed by atoms with Crippen LogP contribution in [0.25, 0.3) is 0 Å². The number of nitrogens with zero attached hydrogens (tertiary/aromatic N) is 2. The molecule has 0 spiro atoms. The summed E-state index contributed by atoms with van der Waals surface area (Å²) >= 11 is 0. The molecule has 4 nitrogen and oxygen atoms in total. The van der Waals surface area contributed by atoms with Gasteiger partial charge in [-0.15, -0.1) is 0 Å². The van der Waals surface area contributed by atoms with Crippen LogP contribution in [0.15, 0.2) is 36.7 Å². The highest BCUT2D eigenvalue weighted by Crippen LogP contribution is 2.19. The van der Waals surface area contributed by atoms with Gasteiger partial charge in [0.05, 0.1) is 6.20 Å². The number of nitrogens with one attached hydrogen (secondary N) is 1. The van der Waals surface area contributed by atoms with Gasteiger partial charge in [0.15, 0.2) is 0 Å². The first-order valence-electron chi connectivity index (χ1n) is 7.20. The van der Waals surface area contributed by atoms with Gasteiger partial charge >= 0.3 is 0 Å². The van der Waals surface area contributed by atoms with E-state index in [1.165, 1.54) is 5.56 Å². The van der Waals surface area contributed by atoms with Crippen molar-refractivity contribution in [3.05, 3.63) is 47.8 Å². The molecule has 0 aliphatic heterocycles.